The summed E-state index contributed by atoms with van der Waals surface area (Å²) in [5.41, 5.74) is 3.00. The second-order valence-electron chi connectivity index (χ2n) is 6.61. The van der Waals surface area contributed by atoms with Gasteiger partial charge in [-0.15, -0.1) is 0 Å². The van der Waals surface area contributed by atoms with Gasteiger partial charge in [0.2, 0.25) is 0 Å². The highest BCUT2D eigenvalue weighted by atomic mass is 16.2. The summed E-state index contributed by atoms with van der Waals surface area (Å²) in [6.07, 6.45) is 2.71. The van der Waals surface area contributed by atoms with Gasteiger partial charge in [-0.05, 0) is 49.2 Å². The first-order valence-corrected chi connectivity index (χ1v) is 8.54. The van der Waals surface area contributed by atoms with Gasteiger partial charge in [0.15, 0.2) is 0 Å². The predicted octanol–water partition coefficient (Wildman–Crippen LogP) is 2.86. The van der Waals surface area contributed by atoms with Gasteiger partial charge in [0.1, 0.15) is 5.82 Å². The second kappa shape index (κ2) is 7.42. The van der Waals surface area contributed by atoms with Crippen LogP contribution in [0.4, 0.5) is 22.0 Å². The molecule has 0 unspecified atom stereocenters. The Morgan fingerprint density at radius 3 is 2.80 bits per heavy atom. The van der Waals surface area contributed by atoms with E-state index < -0.39 is 0 Å². The van der Waals surface area contributed by atoms with E-state index in [0.717, 1.165) is 42.3 Å². The van der Waals surface area contributed by atoms with Gasteiger partial charge in [0, 0.05) is 50.8 Å². The number of aryl methyl sites for hydroxylation is 1. The number of rotatable bonds is 4. The van der Waals surface area contributed by atoms with Crippen molar-refractivity contribution in [2.24, 2.45) is 0 Å². The van der Waals surface area contributed by atoms with Crippen molar-refractivity contribution in [1.82, 2.24) is 10.3 Å². The molecule has 6 nitrogen and oxygen atoms in total. The van der Waals surface area contributed by atoms with E-state index in [9.17, 15) is 4.79 Å². The van der Waals surface area contributed by atoms with E-state index in [1.165, 1.54) is 0 Å². The van der Waals surface area contributed by atoms with Gasteiger partial charge in [-0.1, -0.05) is 6.07 Å². The van der Waals surface area contributed by atoms with Crippen molar-refractivity contribution < 1.29 is 4.79 Å². The van der Waals surface area contributed by atoms with E-state index in [-0.39, 0.29) is 12.1 Å². The van der Waals surface area contributed by atoms with E-state index >= 15 is 0 Å². The number of nitrogens with zero attached hydrogens (tertiary/aromatic N) is 3. The summed E-state index contributed by atoms with van der Waals surface area (Å²) >= 11 is 0. The fourth-order valence-electron chi connectivity index (χ4n) is 3.04. The third kappa shape index (κ3) is 4.21. The first kappa shape index (κ1) is 17.1. The predicted molar refractivity (Wildman–Crippen MR) is 103 cm³/mol. The van der Waals surface area contributed by atoms with Gasteiger partial charge in [-0.2, -0.15) is 0 Å². The number of aromatic nitrogens is 1. The Morgan fingerprint density at radius 2 is 2.12 bits per heavy atom. The number of urea groups is 1. The third-order valence-corrected chi connectivity index (χ3v) is 4.47. The summed E-state index contributed by atoms with van der Waals surface area (Å²) in [5, 5.41) is 6.02. The van der Waals surface area contributed by atoms with Gasteiger partial charge in [-0.3, -0.25) is 0 Å². The van der Waals surface area contributed by atoms with Crippen LogP contribution in [0.25, 0.3) is 0 Å². The van der Waals surface area contributed by atoms with E-state index in [4.69, 9.17) is 0 Å². The fraction of sp³-hybridized carbons (Fsp3) is 0.368. The normalized spacial score (nSPS) is 16.6. The second-order valence-corrected chi connectivity index (χ2v) is 6.61. The van der Waals surface area contributed by atoms with Crippen LogP contribution in [0.5, 0.6) is 0 Å². The lowest BCUT2D eigenvalue weighted by Gasteiger charge is -2.19. The molecule has 2 heterocycles. The number of pyridine rings is 1. The quantitative estimate of drug-likeness (QED) is 0.899. The van der Waals surface area contributed by atoms with Gasteiger partial charge in [0.25, 0.3) is 0 Å². The number of hydrogen-bond donors (Lipinski definition) is 2. The molecule has 1 aromatic heterocycles. The summed E-state index contributed by atoms with van der Waals surface area (Å²) in [6.45, 7) is 3.68. The smallest absolute Gasteiger partial charge is 0.319 e. The highest BCUT2D eigenvalue weighted by Gasteiger charge is 2.24. The first-order chi connectivity index (χ1) is 12.0. The Kier molecular flexibility index (Phi) is 5.07. The number of nitrogens with one attached hydrogen (secondary N) is 2. The van der Waals surface area contributed by atoms with Crippen LogP contribution in [0, 0.1) is 6.92 Å². The largest absolute Gasteiger partial charge is 0.378 e. The van der Waals surface area contributed by atoms with Crippen molar-refractivity contribution in [3.05, 3.63) is 48.2 Å². The molecular weight excluding hydrogens is 314 g/mol. The standard InChI is InChI=1S/C19H25N5O/c1-14-12-16(23(2)3)7-8-17(14)22-19(25)21-15-9-11-24(13-15)18-6-4-5-10-20-18/h4-8,10,12,15H,9,11,13H2,1-3H3,(H2,21,22,25)/t15-/m0/s1. The molecule has 25 heavy (non-hydrogen) atoms. The number of amides is 2. The minimum absolute atomic E-state index is 0.128. The van der Waals surface area contributed by atoms with Crippen LogP contribution in [0.2, 0.25) is 0 Å². The SMILES string of the molecule is Cc1cc(N(C)C)ccc1NC(=O)N[C@H]1CCN(c2ccccn2)C1. The molecule has 1 aromatic carbocycles. The maximum atomic E-state index is 12.3. The highest BCUT2D eigenvalue weighted by molar-refractivity contribution is 5.90. The van der Waals surface area contributed by atoms with Crippen LogP contribution in [0.15, 0.2) is 42.6 Å². The topological polar surface area (TPSA) is 60.5 Å². The van der Waals surface area contributed by atoms with Crippen LogP contribution in [0.3, 0.4) is 0 Å². The zero-order valence-corrected chi connectivity index (χ0v) is 15.0. The van der Waals surface area contributed by atoms with Crippen LogP contribution < -0.4 is 20.4 Å². The average Bonchev–Trinajstić information content (AvgIpc) is 3.05. The molecule has 1 atom stereocenters. The minimum atomic E-state index is -0.159. The summed E-state index contributed by atoms with van der Waals surface area (Å²) in [7, 11) is 4.00. The molecule has 1 fully saturated rings. The van der Waals surface area contributed by atoms with Crippen molar-refractivity contribution in [3.63, 3.8) is 0 Å². The molecule has 1 aliphatic heterocycles. The average molecular weight is 339 g/mol. The minimum Gasteiger partial charge on any atom is -0.378 e. The molecule has 1 saturated heterocycles. The van der Waals surface area contributed by atoms with E-state index in [2.05, 4.69) is 26.6 Å². The maximum absolute atomic E-state index is 12.3. The first-order valence-electron chi connectivity index (χ1n) is 8.54. The van der Waals surface area contributed by atoms with Crippen molar-refractivity contribution >= 4 is 23.2 Å². The van der Waals surface area contributed by atoms with Crippen molar-refractivity contribution in [3.8, 4) is 0 Å². The molecule has 1 aliphatic rings. The van der Waals surface area contributed by atoms with Crippen molar-refractivity contribution in [2.45, 2.75) is 19.4 Å². The molecule has 0 radical (unpaired) electrons. The Balaban J connectivity index is 1.55. The van der Waals surface area contributed by atoms with E-state index in [0.29, 0.717) is 0 Å². The van der Waals surface area contributed by atoms with Crippen LogP contribution >= 0.6 is 0 Å². The van der Waals surface area contributed by atoms with Crippen LogP contribution in [-0.4, -0.2) is 44.2 Å². The summed E-state index contributed by atoms with van der Waals surface area (Å²) in [6, 6.07) is 11.9. The number of hydrogen-bond acceptors (Lipinski definition) is 4. The monoisotopic (exact) mass is 339 g/mol. The maximum Gasteiger partial charge on any atom is 0.319 e. The highest BCUT2D eigenvalue weighted by Crippen LogP contribution is 2.22. The Morgan fingerprint density at radius 1 is 1.28 bits per heavy atom. The Bertz CT molecular complexity index is 732. The molecule has 0 aliphatic carbocycles. The molecule has 2 amide bonds. The van der Waals surface area contributed by atoms with E-state index in [1.54, 1.807) is 6.20 Å². The summed E-state index contributed by atoms with van der Waals surface area (Å²) < 4.78 is 0. The van der Waals surface area contributed by atoms with Crippen LogP contribution in [-0.2, 0) is 0 Å². The molecule has 2 aromatic rings. The molecule has 0 saturated carbocycles. The Labute approximate surface area is 148 Å². The van der Waals surface area contributed by atoms with Gasteiger partial charge in [-0.25, -0.2) is 9.78 Å². The number of carbonyl (C=O) groups excluding carboxylic acids is 1. The lowest BCUT2D eigenvalue weighted by Crippen LogP contribution is -2.39. The zero-order chi connectivity index (χ0) is 17.8. The van der Waals surface area contributed by atoms with Gasteiger partial charge >= 0.3 is 6.03 Å². The van der Waals surface area contributed by atoms with Gasteiger partial charge in [0.05, 0.1) is 0 Å². The molecule has 132 valence electrons. The molecule has 2 N–H and O–H groups in total. The molecule has 6 heteroatoms. The number of benzene rings is 1. The van der Waals surface area contributed by atoms with E-state index in [1.807, 2.05) is 56.3 Å². The molecular formula is C19H25N5O. The number of anilines is 3. The molecule has 0 spiro atoms. The van der Waals surface area contributed by atoms with Crippen molar-refractivity contribution in [1.29, 1.82) is 0 Å². The molecule has 0 bridgehead atoms. The van der Waals surface area contributed by atoms with Gasteiger partial charge < -0.3 is 20.4 Å². The van der Waals surface area contributed by atoms with Crippen LogP contribution in [0.1, 0.15) is 12.0 Å². The lowest BCUT2D eigenvalue weighted by atomic mass is 10.1. The van der Waals surface area contributed by atoms with Crippen molar-refractivity contribution in [2.75, 3.05) is 42.3 Å². The summed E-state index contributed by atoms with van der Waals surface area (Å²) in [4.78, 5) is 20.9. The summed E-state index contributed by atoms with van der Waals surface area (Å²) in [5.74, 6) is 0.960. The zero-order valence-electron chi connectivity index (χ0n) is 15.0. The Hall–Kier alpha value is -2.76. The number of carbonyl (C=O) groups is 1. The lowest BCUT2D eigenvalue weighted by molar-refractivity contribution is 0.249. The third-order valence-electron chi connectivity index (χ3n) is 4.47. The molecule has 3 rings (SSSR count). The fourth-order valence-corrected chi connectivity index (χ4v) is 3.04.